The number of nitrogens with one attached hydrogen (secondary N) is 3. The topological polar surface area (TPSA) is 106 Å². The van der Waals surface area contributed by atoms with Gasteiger partial charge in [-0.05, 0) is 68.4 Å². The zero-order chi connectivity index (χ0) is 22.3. The van der Waals surface area contributed by atoms with Crippen LogP contribution in [0, 0.1) is 0 Å². The fourth-order valence-corrected chi connectivity index (χ4v) is 4.35. The highest BCUT2D eigenvalue weighted by Gasteiger charge is 2.20. The van der Waals surface area contributed by atoms with Gasteiger partial charge in [0, 0.05) is 18.8 Å². The largest absolute Gasteiger partial charge is 0.493 e. The standard InChI is InChI=1S/C21H25N3O5S2/c1-2-28-19-8-4-3-7-18(19)20(25)24-21(30)23-15-9-11-17(12-10-15)31(26,27)22-14-16-6-5-13-29-16/h3-4,7-12,16,22H,2,5-6,13-14H2,1H3,(H2,23,24,25,30). The molecule has 31 heavy (non-hydrogen) atoms. The number of carbonyl (C=O) groups excluding carboxylic acids is 1. The number of ether oxygens (including phenoxy) is 2. The number of thiocarbonyl (C=S) groups is 1. The highest BCUT2D eigenvalue weighted by Crippen LogP contribution is 2.18. The number of benzene rings is 2. The lowest BCUT2D eigenvalue weighted by molar-refractivity contribution is 0.0974. The summed E-state index contributed by atoms with van der Waals surface area (Å²) in [5.74, 6) is 0.0643. The fraction of sp³-hybridized carbons (Fsp3) is 0.333. The Morgan fingerprint density at radius 3 is 2.61 bits per heavy atom. The molecule has 0 aliphatic carbocycles. The van der Waals surface area contributed by atoms with Crippen molar-refractivity contribution in [1.82, 2.24) is 10.0 Å². The first-order valence-electron chi connectivity index (χ1n) is 9.94. The van der Waals surface area contributed by atoms with Gasteiger partial charge in [-0.15, -0.1) is 0 Å². The molecule has 1 amide bonds. The summed E-state index contributed by atoms with van der Waals surface area (Å²) in [6.45, 7) is 3.19. The van der Waals surface area contributed by atoms with E-state index >= 15 is 0 Å². The maximum atomic E-state index is 12.5. The molecule has 1 aliphatic rings. The SMILES string of the molecule is CCOc1ccccc1C(=O)NC(=S)Nc1ccc(S(=O)(=O)NCC2CCCO2)cc1. The summed E-state index contributed by atoms with van der Waals surface area (Å²) < 4.78 is 38.3. The lowest BCUT2D eigenvalue weighted by Gasteiger charge is -2.13. The third-order valence-electron chi connectivity index (χ3n) is 4.61. The van der Waals surface area contributed by atoms with Gasteiger partial charge in [-0.2, -0.15) is 0 Å². The van der Waals surface area contributed by atoms with E-state index in [2.05, 4.69) is 15.4 Å². The number of sulfonamides is 1. The second kappa shape index (κ2) is 10.7. The zero-order valence-corrected chi connectivity index (χ0v) is 18.7. The van der Waals surface area contributed by atoms with Gasteiger partial charge in [0.1, 0.15) is 5.75 Å². The Hall–Kier alpha value is -2.53. The zero-order valence-electron chi connectivity index (χ0n) is 17.1. The average molecular weight is 464 g/mol. The van der Waals surface area contributed by atoms with Gasteiger partial charge < -0.3 is 14.8 Å². The molecule has 166 valence electrons. The molecule has 0 bridgehead atoms. The van der Waals surface area contributed by atoms with E-state index < -0.39 is 15.9 Å². The van der Waals surface area contributed by atoms with Gasteiger partial charge in [0.15, 0.2) is 5.11 Å². The monoisotopic (exact) mass is 463 g/mol. The molecule has 1 atom stereocenters. The van der Waals surface area contributed by atoms with Crippen LogP contribution < -0.4 is 20.1 Å². The summed E-state index contributed by atoms with van der Waals surface area (Å²) in [5, 5.41) is 5.56. The summed E-state index contributed by atoms with van der Waals surface area (Å²) in [7, 11) is -3.63. The van der Waals surface area contributed by atoms with Crippen LogP contribution >= 0.6 is 12.2 Å². The van der Waals surface area contributed by atoms with Crippen LogP contribution in [0.25, 0.3) is 0 Å². The number of carbonyl (C=O) groups is 1. The molecule has 1 heterocycles. The molecule has 3 N–H and O–H groups in total. The molecule has 2 aromatic carbocycles. The van der Waals surface area contributed by atoms with Crippen molar-refractivity contribution < 1.29 is 22.7 Å². The Bertz CT molecular complexity index is 1020. The Morgan fingerprint density at radius 2 is 1.94 bits per heavy atom. The first-order valence-corrected chi connectivity index (χ1v) is 11.8. The van der Waals surface area contributed by atoms with E-state index in [0.717, 1.165) is 12.8 Å². The summed E-state index contributed by atoms with van der Waals surface area (Å²) in [4.78, 5) is 12.6. The third-order valence-corrected chi connectivity index (χ3v) is 6.25. The molecular weight excluding hydrogens is 438 g/mol. The van der Waals surface area contributed by atoms with Crippen molar-refractivity contribution in [1.29, 1.82) is 0 Å². The van der Waals surface area contributed by atoms with E-state index in [9.17, 15) is 13.2 Å². The summed E-state index contributed by atoms with van der Waals surface area (Å²) in [6.07, 6.45) is 1.72. The van der Waals surface area contributed by atoms with Gasteiger partial charge in [-0.1, -0.05) is 12.1 Å². The van der Waals surface area contributed by atoms with Crippen LogP contribution in [0.1, 0.15) is 30.1 Å². The number of hydrogen-bond donors (Lipinski definition) is 3. The first kappa shape index (κ1) is 23.1. The Balaban J connectivity index is 1.56. The molecular formula is C21H25N3O5S2. The second-order valence-electron chi connectivity index (χ2n) is 6.85. The third kappa shape index (κ3) is 6.47. The van der Waals surface area contributed by atoms with E-state index in [1.807, 2.05) is 6.92 Å². The number of hydrogen-bond acceptors (Lipinski definition) is 6. The molecule has 8 nitrogen and oxygen atoms in total. The van der Waals surface area contributed by atoms with Crippen molar-refractivity contribution in [3.63, 3.8) is 0 Å². The molecule has 2 aromatic rings. The highest BCUT2D eigenvalue weighted by atomic mass is 32.2. The lowest BCUT2D eigenvalue weighted by atomic mass is 10.2. The molecule has 1 aliphatic heterocycles. The highest BCUT2D eigenvalue weighted by molar-refractivity contribution is 7.89. The Kier molecular flexibility index (Phi) is 7.97. The maximum Gasteiger partial charge on any atom is 0.261 e. The molecule has 0 spiro atoms. The predicted octanol–water partition coefficient (Wildman–Crippen LogP) is 2.67. The molecule has 10 heteroatoms. The molecule has 1 fully saturated rings. The molecule has 1 saturated heterocycles. The van der Waals surface area contributed by atoms with Crippen LogP contribution in [-0.2, 0) is 14.8 Å². The van der Waals surface area contributed by atoms with Crippen LogP contribution in [0.2, 0.25) is 0 Å². The minimum Gasteiger partial charge on any atom is -0.493 e. The number of amides is 1. The minimum absolute atomic E-state index is 0.0791. The molecule has 0 radical (unpaired) electrons. The summed E-state index contributed by atoms with van der Waals surface area (Å²) in [5.41, 5.74) is 0.911. The number of anilines is 1. The van der Waals surface area contributed by atoms with Crippen LogP contribution in [-0.4, -0.2) is 45.3 Å². The molecule has 3 rings (SSSR count). The predicted molar refractivity (Wildman–Crippen MR) is 122 cm³/mol. The van der Waals surface area contributed by atoms with Crippen molar-refractivity contribution in [2.24, 2.45) is 0 Å². The van der Waals surface area contributed by atoms with Crippen LogP contribution in [0.4, 0.5) is 5.69 Å². The lowest BCUT2D eigenvalue weighted by Crippen LogP contribution is -2.34. The van der Waals surface area contributed by atoms with Crippen molar-refractivity contribution in [3.8, 4) is 5.75 Å². The van der Waals surface area contributed by atoms with E-state index in [0.29, 0.717) is 30.2 Å². The minimum atomic E-state index is -3.63. The number of para-hydroxylation sites is 1. The van der Waals surface area contributed by atoms with Crippen LogP contribution in [0.3, 0.4) is 0 Å². The van der Waals surface area contributed by atoms with E-state index in [1.165, 1.54) is 12.1 Å². The first-order chi connectivity index (χ1) is 14.9. The average Bonchev–Trinajstić information content (AvgIpc) is 3.27. The summed E-state index contributed by atoms with van der Waals surface area (Å²) in [6, 6.07) is 13.0. The van der Waals surface area contributed by atoms with Gasteiger partial charge in [0.2, 0.25) is 10.0 Å². The Labute approximate surface area is 187 Å². The summed E-state index contributed by atoms with van der Waals surface area (Å²) >= 11 is 5.20. The molecule has 0 aromatic heterocycles. The van der Waals surface area contributed by atoms with Gasteiger partial charge in [-0.3, -0.25) is 10.1 Å². The van der Waals surface area contributed by atoms with Crippen molar-refractivity contribution in [2.75, 3.05) is 25.1 Å². The fourth-order valence-electron chi connectivity index (χ4n) is 3.08. The Morgan fingerprint density at radius 1 is 1.19 bits per heavy atom. The van der Waals surface area contributed by atoms with Gasteiger partial charge in [0.25, 0.3) is 5.91 Å². The van der Waals surface area contributed by atoms with Crippen LogP contribution in [0.5, 0.6) is 5.75 Å². The van der Waals surface area contributed by atoms with Crippen molar-refractivity contribution in [3.05, 3.63) is 54.1 Å². The molecule has 1 unspecified atom stereocenters. The van der Waals surface area contributed by atoms with E-state index in [-0.39, 0.29) is 22.7 Å². The van der Waals surface area contributed by atoms with E-state index in [1.54, 1.807) is 36.4 Å². The maximum absolute atomic E-state index is 12.5. The van der Waals surface area contributed by atoms with Crippen molar-refractivity contribution in [2.45, 2.75) is 30.8 Å². The van der Waals surface area contributed by atoms with Crippen molar-refractivity contribution >= 4 is 38.9 Å². The smallest absolute Gasteiger partial charge is 0.261 e. The van der Waals surface area contributed by atoms with Gasteiger partial charge >= 0.3 is 0 Å². The van der Waals surface area contributed by atoms with E-state index in [4.69, 9.17) is 21.7 Å². The van der Waals surface area contributed by atoms with Gasteiger partial charge in [-0.25, -0.2) is 13.1 Å². The normalized spacial score (nSPS) is 16.0. The van der Waals surface area contributed by atoms with Crippen LogP contribution in [0.15, 0.2) is 53.4 Å². The molecule has 0 saturated carbocycles. The second-order valence-corrected chi connectivity index (χ2v) is 9.02. The number of rotatable bonds is 8. The quantitative estimate of drug-likeness (QED) is 0.517. The van der Waals surface area contributed by atoms with Gasteiger partial charge in [0.05, 0.1) is 23.2 Å².